The lowest BCUT2D eigenvalue weighted by Gasteiger charge is -2.27. The van der Waals surface area contributed by atoms with Gasteiger partial charge in [-0.3, -0.25) is 0 Å². The predicted octanol–water partition coefficient (Wildman–Crippen LogP) is 4.21. The highest BCUT2D eigenvalue weighted by atomic mass is 79.9. The third-order valence-electron chi connectivity index (χ3n) is 4.40. The van der Waals surface area contributed by atoms with Crippen LogP contribution in [0.25, 0.3) is 0 Å². The van der Waals surface area contributed by atoms with E-state index in [1.54, 1.807) is 7.11 Å². The molecule has 0 saturated carbocycles. The fourth-order valence-corrected chi connectivity index (χ4v) is 3.39. The molecule has 0 radical (unpaired) electrons. The van der Waals surface area contributed by atoms with Gasteiger partial charge in [-0.05, 0) is 48.7 Å². The summed E-state index contributed by atoms with van der Waals surface area (Å²) in [6, 6.07) is 13.7. The topological polar surface area (TPSA) is 59.6 Å². The normalized spacial score (nSPS) is 15.5. The molecule has 0 aliphatic carbocycles. The molecule has 0 bridgehead atoms. The van der Waals surface area contributed by atoms with E-state index in [9.17, 15) is 4.79 Å². The van der Waals surface area contributed by atoms with Crippen LogP contribution < -0.4 is 20.1 Å². The number of ether oxygens (including phenoxy) is 2. The molecule has 6 heteroatoms. The van der Waals surface area contributed by atoms with Gasteiger partial charge in [0, 0.05) is 23.0 Å². The highest BCUT2D eigenvalue weighted by Gasteiger charge is 2.23. The van der Waals surface area contributed by atoms with Crippen molar-refractivity contribution in [1.82, 2.24) is 10.6 Å². The number of nitrogens with one attached hydrogen (secondary N) is 2. The minimum Gasteiger partial charge on any atom is -0.497 e. The molecule has 2 N–H and O–H groups in total. The first-order chi connectivity index (χ1) is 12.7. The van der Waals surface area contributed by atoms with Gasteiger partial charge in [-0.25, -0.2) is 4.79 Å². The Morgan fingerprint density at radius 1 is 1.27 bits per heavy atom. The average Bonchev–Trinajstić information content (AvgIpc) is 2.66. The van der Waals surface area contributed by atoms with Crippen molar-refractivity contribution < 1.29 is 14.3 Å². The maximum absolute atomic E-state index is 12.2. The Bertz CT molecular complexity index is 749. The number of hydrogen-bond acceptors (Lipinski definition) is 3. The predicted molar refractivity (Wildman–Crippen MR) is 105 cm³/mol. The largest absolute Gasteiger partial charge is 0.497 e. The van der Waals surface area contributed by atoms with Crippen molar-refractivity contribution in [2.45, 2.75) is 25.3 Å². The third-order valence-corrected chi connectivity index (χ3v) is 4.90. The molecule has 2 amide bonds. The molecule has 0 spiro atoms. The fourth-order valence-electron chi connectivity index (χ4n) is 3.01. The number of fused-ring (bicyclic) bond motifs is 1. The summed E-state index contributed by atoms with van der Waals surface area (Å²) in [6.45, 7) is 1.24. The molecule has 1 aliphatic rings. The Balaban J connectivity index is 1.44. The zero-order valence-corrected chi connectivity index (χ0v) is 16.3. The Labute approximate surface area is 162 Å². The van der Waals surface area contributed by atoms with E-state index in [0.29, 0.717) is 13.2 Å². The molecule has 0 fully saturated rings. The lowest BCUT2D eigenvalue weighted by Crippen LogP contribution is -2.40. The first-order valence-electron chi connectivity index (χ1n) is 8.75. The Morgan fingerprint density at radius 2 is 2.08 bits per heavy atom. The van der Waals surface area contributed by atoms with Gasteiger partial charge in [0.25, 0.3) is 0 Å². The fraction of sp³-hybridized carbons (Fsp3) is 0.350. The molecule has 2 aromatic rings. The summed E-state index contributed by atoms with van der Waals surface area (Å²) in [4.78, 5) is 12.2. The molecule has 3 rings (SSSR count). The maximum Gasteiger partial charge on any atom is 0.315 e. The minimum atomic E-state index is -0.141. The highest BCUT2D eigenvalue weighted by Crippen LogP contribution is 2.33. The number of carbonyl (C=O) groups is 1. The van der Waals surface area contributed by atoms with Gasteiger partial charge < -0.3 is 20.1 Å². The molecule has 26 heavy (non-hydrogen) atoms. The number of urea groups is 1. The van der Waals surface area contributed by atoms with Crippen LogP contribution in [0.15, 0.2) is 46.9 Å². The van der Waals surface area contributed by atoms with Crippen molar-refractivity contribution in [3.8, 4) is 11.5 Å². The Hall–Kier alpha value is -2.21. The molecule has 5 nitrogen and oxygen atoms in total. The Kier molecular flexibility index (Phi) is 6.39. The average molecular weight is 419 g/mol. The maximum atomic E-state index is 12.2. The van der Waals surface area contributed by atoms with Crippen LogP contribution in [0.3, 0.4) is 0 Å². The SMILES string of the molecule is COc1ccc(CCCNC(=O)NC2CCOc3ccc(Br)cc32)cc1. The number of methoxy groups -OCH3 is 1. The molecule has 1 heterocycles. The molecular weight excluding hydrogens is 396 g/mol. The number of rotatable bonds is 6. The summed E-state index contributed by atoms with van der Waals surface area (Å²) >= 11 is 3.47. The van der Waals surface area contributed by atoms with Gasteiger partial charge in [0.15, 0.2) is 0 Å². The van der Waals surface area contributed by atoms with Crippen LogP contribution >= 0.6 is 15.9 Å². The lowest BCUT2D eigenvalue weighted by molar-refractivity contribution is 0.223. The number of amides is 2. The van der Waals surface area contributed by atoms with Crippen molar-refractivity contribution in [1.29, 1.82) is 0 Å². The van der Waals surface area contributed by atoms with E-state index in [2.05, 4.69) is 38.7 Å². The van der Waals surface area contributed by atoms with E-state index in [1.807, 2.05) is 30.3 Å². The molecule has 138 valence electrons. The smallest absolute Gasteiger partial charge is 0.315 e. The van der Waals surface area contributed by atoms with Gasteiger partial charge in [-0.2, -0.15) is 0 Å². The van der Waals surface area contributed by atoms with E-state index >= 15 is 0 Å². The van der Waals surface area contributed by atoms with Crippen molar-refractivity contribution in [3.05, 3.63) is 58.1 Å². The van der Waals surface area contributed by atoms with E-state index in [-0.39, 0.29) is 12.1 Å². The van der Waals surface area contributed by atoms with Crippen LogP contribution in [0.2, 0.25) is 0 Å². The lowest BCUT2D eigenvalue weighted by atomic mass is 10.0. The van der Waals surface area contributed by atoms with Crippen molar-refractivity contribution in [2.75, 3.05) is 20.3 Å². The quantitative estimate of drug-likeness (QED) is 0.690. The summed E-state index contributed by atoms with van der Waals surface area (Å²) in [7, 11) is 1.66. The van der Waals surface area contributed by atoms with E-state index < -0.39 is 0 Å². The van der Waals surface area contributed by atoms with E-state index in [0.717, 1.165) is 40.8 Å². The third kappa shape index (κ3) is 4.91. The summed E-state index contributed by atoms with van der Waals surface area (Å²) in [6.07, 6.45) is 2.57. The zero-order valence-electron chi connectivity index (χ0n) is 14.8. The van der Waals surface area contributed by atoms with E-state index in [4.69, 9.17) is 9.47 Å². The summed E-state index contributed by atoms with van der Waals surface area (Å²) in [5.41, 5.74) is 2.25. The standard InChI is InChI=1S/C20H23BrN2O3/c1-25-16-7-4-14(5-8-16)3-2-11-22-20(24)23-18-10-12-26-19-9-6-15(21)13-17(18)19/h4-9,13,18H,2-3,10-12H2,1H3,(H2,22,23,24). The van der Waals surface area contributed by atoms with Gasteiger partial charge in [-0.15, -0.1) is 0 Å². The van der Waals surface area contributed by atoms with Gasteiger partial charge >= 0.3 is 6.03 Å². The van der Waals surface area contributed by atoms with Crippen LogP contribution in [0.1, 0.15) is 30.0 Å². The van der Waals surface area contributed by atoms with Crippen LogP contribution in [0, 0.1) is 0 Å². The number of hydrogen-bond donors (Lipinski definition) is 2. The molecule has 0 saturated heterocycles. The highest BCUT2D eigenvalue weighted by molar-refractivity contribution is 9.10. The molecule has 1 atom stereocenters. The molecule has 1 unspecified atom stereocenters. The van der Waals surface area contributed by atoms with Gasteiger partial charge in [0.1, 0.15) is 11.5 Å². The second-order valence-corrected chi connectivity index (χ2v) is 7.14. The molecule has 2 aromatic carbocycles. The minimum absolute atomic E-state index is 0.0298. The zero-order chi connectivity index (χ0) is 18.4. The monoisotopic (exact) mass is 418 g/mol. The van der Waals surface area contributed by atoms with Crippen molar-refractivity contribution in [3.63, 3.8) is 0 Å². The summed E-state index contributed by atoms with van der Waals surface area (Å²) in [5, 5.41) is 5.99. The molecular formula is C20H23BrN2O3. The van der Waals surface area contributed by atoms with Crippen LogP contribution in [-0.4, -0.2) is 26.3 Å². The number of aryl methyl sites for hydroxylation is 1. The Morgan fingerprint density at radius 3 is 2.85 bits per heavy atom. The summed E-state index contributed by atoms with van der Waals surface area (Å²) in [5.74, 6) is 1.69. The second-order valence-electron chi connectivity index (χ2n) is 6.22. The first-order valence-corrected chi connectivity index (χ1v) is 9.54. The first kappa shape index (κ1) is 18.6. The van der Waals surface area contributed by atoms with Gasteiger partial charge in [-0.1, -0.05) is 28.1 Å². The van der Waals surface area contributed by atoms with Crippen LogP contribution in [0.4, 0.5) is 4.79 Å². The number of benzene rings is 2. The van der Waals surface area contributed by atoms with Crippen molar-refractivity contribution in [2.24, 2.45) is 0 Å². The summed E-state index contributed by atoms with van der Waals surface area (Å²) < 4.78 is 11.8. The van der Waals surface area contributed by atoms with Crippen LogP contribution in [0.5, 0.6) is 11.5 Å². The number of carbonyl (C=O) groups excluding carboxylic acids is 1. The number of halogens is 1. The van der Waals surface area contributed by atoms with Crippen LogP contribution in [-0.2, 0) is 6.42 Å². The van der Waals surface area contributed by atoms with Gasteiger partial charge in [0.2, 0.25) is 0 Å². The second kappa shape index (κ2) is 8.94. The van der Waals surface area contributed by atoms with E-state index in [1.165, 1.54) is 5.56 Å². The molecule has 0 aromatic heterocycles. The molecule has 1 aliphatic heterocycles. The van der Waals surface area contributed by atoms with Gasteiger partial charge in [0.05, 0.1) is 19.8 Å². The van der Waals surface area contributed by atoms with Crippen molar-refractivity contribution >= 4 is 22.0 Å².